The Bertz CT molecular complexity index is 1310. The van der Waals surface area contributed by atoms with Gasteiger partial charge in [0.2, 0.25) is 11.8 Å². The number of benzene rings is 3. The van der Waals surface area contributed by atoms with E-state index in [4.69, 9.17) is 4.74 Å². The first-order valence-electron chi connectivity index (χ1n) is 11.8. The third kappa shape index (κ3) is 3.71. The minimum atomic E-state index is -0.276. The zero-order chi connectivity index (χ0) is 24.1. The molecular weight excluding hydrogens is 440 g/mol. The fourth-order valence-electron chi connectivity index (χ4n) is 5.47. The summed E-state index contributed by atoms with van der Waals surface area (Å²) in [7, 11) is 0. The number of amides is 3. The molecule has 35 heavy (non-hydrogen) atoms. The average Bonchev–Trinajstić information content (AvgIpc) is 3.55. The summed E-state index contributed by atoms with van der Waals surface area (Å²) >= 11 is 0. The molecule has 2 fully saturated rings. The average molecular weight is 465 g/mol. The summed E-state index contributed by atoms with van der Waals surface area (Å²) < 4.78 is 5.83. The SMILES string of the molecule is Cc1ccc(Oc2ccc(NC(=O)c3ccc(N4C(=O)C5C6C=CC(C6)C5C4=O)cc3)cc2)cc1. The molecule has 0 radical (unpaired) electrons. The van der Waals surface area contributed by atoms with E-state index in [0.717, 1.165) is 17.7 Å². The lowest BCUT2D eigenvalue weighted by atomic mass is 9.85. The van der Waals surface area contributed by atoms with E-state index in [1.54, 1.807) is 48.5 Å². The summed E-state index contributed by atoms with van der Waals surface area (Å²) in [5.74, 6) is 0.762. The number of carbonyl (C=O) groups is 3. The van der Waals surface area contributed by atoms with Gasteiger partial charge in [-0.15, -0.1) is 0 Å². The van der Waals surface area contributed by atoms with Crippen LogP contribution in [0.3, 0.4) is 0 Å². The molecule has 2 aliphatic carbocycles. The van der Waals surface area contributed by atoms with E-state index in [2.05, 4.69) is 17.5 Å². The first-order chi connectivity index (χ1) is 17.0. The molecule has 1 heterocycles. The van der Waals surface area contributed by atoms with Crippen LogP contribution in [0.5, 0.6) is 11.5 Å². The van der Waals surface area contributed by atoms with Crippen LogP contribution in [0.1, 0.15) is 22.3 Å². The third-order valence-electron chi connectivity index (χ3n) is 7.23. The van der Waals surface area contributed by atoms with Crippen LogP contribution in [0.25, 0.3) is 0 Å². The molecule has 1 aliphatic heterocycles. The lowest BCUT2D eigenvalue weighted by molar-refractivity contribution is -0.123. The Morgan fingerprint density at radius 3 is 1.91 bits per heavy atom. The minimum Gasteiger partial charge on any atom is -0.457 e. The van der Waals surface area contributed by atoms with E-state index < -0.39 is 0 Å². The number of nitrogens with zero attached hydrogens (tertiary/aromatic N) is 1. The van der Waals surface area contributed by atoms with Crippen LogP contribution in [-0.2, 0) is 9.59 Å². The number of fused-ring (bicyclic) bond motifs is 5. The van der Waals surface area contributed by atoms with Gasteiger partial charge in [0.05, 0.1) is 17.5 Å². The monoisotopic (exact) mass is 464 g/mol. The zero-order valence-electron chi connectivity index (χ0n) is 19.2. The molecule has 3 aromatic rings. The Labute approximate surface area is 203 Å². The number of hydrogen-bond donors (Lipinski definition) is 1. The lowest BCUT2D eigenvalue weighted by Gasteiger charge is -2.17. The number of anilines is 2. The molecule has 1 saturated heterocycles. The number of rotatable bonds is 5. The maximum Gasteiger partial charge on any atom is 0.255 e. The summed E-state index contributed by atoms with van der Waals surface area (Å²) in [5.41, 5.74) is 2.75. The molecule has 2 bridgehead atoms. The van der Waals surface area contributed by atoms with E-state index in [-0.39, 0.29) is 41.4 Å². The number of ether oxygens (including phenoxy) is 1. The molecule has 1 N–H and O–H groups in total. The van der Waals surface area contributed by atoms with Crippen molar-refractivity contribution in [1.82, 2.24) is 0 Å². The second kappa shape index (κ2) is 8.24. The molecule has 3 aromatic carbocycles. The van der Waals surface area contributed by atoms with Crippen molar-refractivity contribution in [2.24, 2.45) is 23.7 Å². The number of aryl methyl sites for hydroxylation is 1. The number of hydrogen-bond acceptors (Lipinski definition) is 4. The molecule has 6 heteroatoms. The normalized spacial score (nSPS) is 24.1. The van der Waals surface area contributed by atoms with Crippen molar-refractivity contribution in [1.29, 1.82) is 0 Å². The van der Waals surface area contributed by atoms with E-state index in [0.29, 0.717) is 22.7 Å². The van der Waals surface area contributed by atoms with Crippen molar-refractivity contribution in [3.05, 3.63) is 96.1 Å². The van der Waals surface area contributed by atoms with Gasteiger partial charge < -0.3 is 10.1 Å². The highest BCUT2D eigenvalue weighted by Crippen LogP contribution is 2.53. The van der Waals surface area contributed by atoms with Gasteiger partial charge in [-0.05, 0) is 85.8 Å². The van der Waals surface area contributed by atoms with E-state index in [9.17, 15) is 14.4 Å². The zero-order valence-corrected chi connectivity index (χ0v) is 19.2. The van der Waals surface area contributed by atoms with Gasteiger partial charge in [0.1, 0.15) is 11.5 Å². The second-order valence-electron chi connectivity index (χ2n) is 9.45. The van der Waals surface area contributed by atoms with Crippen molar-refractivity contribution in [3.8, 4) is 11.5 Å². The minimum absolute atomic E-state index is 0.123. The quantitative estimate of drug-likeness (QED) is 0.408. The maximum atomic E-state index is 13.0. The second-order valence-corrected chi connectivity index (χ2v) is 9.45. The van der Waals surface area contributed by atoms with E-state index >= 15 is 0 Å². The Balaban J connectivity index is 1.11. The highest BCUT2D eigenvalue weighted by atomic mass is 16.5. The van der Waals surface area contributed by atoms with Crippen LogP contribution in [0, 0.1) is 30.6 Å². The predicted molar refractivity (Wildman–Crippen MR) is 132 cm³/mol. The molecule has 4 unspecified atom stereocenters. The fourth-order valence-corrected chi connectivity index (χ4v) is 5.47. The molecule has 0 spiro atoms. The molecule has 4 atom stereocenters. The lowest BCUT2D eigenvalue weighted by Crippen LogP contribution is -2.32. The van der Waals surface area contributed by atoms with Crippen LogP contribution >= 0.6 is 0 Å². The standard InChI is InChI=1S/C29H24N2O4/c1-17-2-12-23(13-3-17)35-24-14-8-21(9-15-24)30-27(32)18-6-10-22(11-7-18)31-28(33)25-19-4-5-20(16-19)26(25)29(31)34/h2-15,19-20,25-26H,16H2,1H3,(H,30,32). The molecule has 174 valence electrons. The molecular formula is C29H24N2O4. The topological polar surface area (TPSA) is 75.7 Å². The largest absolute Gasteiger partial charge is 0.457 e. The van der Waals surface area contributed by atoms with Gasteiger partial charge >= 0.3 is 0 Å². The van der Waals surface area contributed by atoms with Crippen LogP contribution in [0.2, 0.25) is 0 Å². The summed E-state index contributed by atoms with van der Waals surface area (Å²) in [5, 5.41) is 2.87. The highest BCUT2D eigenvalue weighted by Gasteiger charge is 2.59. The van der Waals surface area contributed by atoms with Crippen molar-refractivity contribution in [2.75, 3.05) is 10.2 Å². The van der Waals surface area contributed by atoms with Crippen molar-refractivity contribution in [2.45, 2.75) is 13.3 Å². The Morgan fingerprint density at radius 2 is 1.34 bits per heavy atom. The Hall–Kier alpha value is -4.19. The molecule has 6 nitrogen and oxygen atoms in total. The van der Waals surface area contributed by atoms with Crippen LogP contribution in [-0.4, -0.2) is 17.7 Å². The maximum absolute atomic E-state index is 13.0. The molecule has 6 rings (SSSR count). The smallest absolute Gasteiger partial charge is 0.255 e. The molecule has 3 amide bonds. The third-order valence-corrected chi connectivity index (χ3v) is 7.23. The van der Waals surface area contributed by atoms with Gasteiger partial charge in [-0.2, -0.15) is 0 Å². The fraction of sp³-hybridized carbons (Fsp3) is 0.207. The van der Waals surface area contributed by atoms with Gasteiger partial charge in [0.25, 0.3) is 5.91 Å². The van der Waals surface area contributed by atoms with E-state index in [1.165, 1.54) is 4.90 Å². The van der Waals surface area contributed by atoms with Crippen molar-refractivity contribution < 1.29 is 19.1 Å². The summed E-state index contributed by atoms with van der Waals surface area (Å²) in [6, 6.07) is 21.5. The number of allylic oxidation sites excluding steroid dienone is 2. The van der Waals surface area contributed by atoms with Gasteiger partial charge in [-0.3, -0.25) is 19.3 Å². The van der Waals surface area contributed by atoms with Gasteiger partial charge in [0, 0.05) is 11.3 Å². The number of nitrogens with one attached hydrogen (secondary N) is 1. The van der Waals surface area contributed by atoms with Gasteiger partial charge in [-0.25, -0.2) is 0 Å². The van der Waals surface area contributed by atoms with Gasteiger partial charge in [0.15, 0.2) is 0 Å². The Kier molecular flexibility index (Phi) is 5.02. The summed E-state index contributed by atoms with van der Waals surface area (Å²) in [6.45, 7) is 2.02. The van der Waals surface area contributed by atoms with Crippen LogP contribution < -0.4 is 15.0 Å². The van der Waals surface area contributed by atoms with E-state index in [1.807, 2.05) is 31.2 Å². The number of carbonyl (C=O) groups excluding carboxylic acids is 3. The first-order valence-corrected chi connectivity index (χ1v) is 11.8. The Morgan fingerprint density at radius 1 is 0.800 bits per heavy atom. The predicted octanol–water partition coefficient (Wildman–Crippen LogP) is 5.35. The van der Waals surface area contributed by atoms with Crippen LogP contribution in [0.15, 0.2) is 84.9 Å². The molecule has 3 aliphatic rings. The molecule has 0 aromatic heterocycles. The molecule has 1 saturated carbocycles. The summed E-state index contributed by atoms with van der Waals surface area (Å²) in [4.78, 5) is 40.0. The highest BCUT2D eigenvalue weighted by molar-refractivity contribution is 6.23. The van der Waals surface area contributed by atoms with Gasteiger partial charge in [-0.1, -0.05) is 29.8 Å². The first kappa shape index (κ1) is 21.4. The van der Waals surface area contributed by atoms with Crippen molar-refractivity contribution in [3.63, 3.8) is 0 Å². The van der Waals surface area contributed by atoms with Crippen molar-refractivity contribution >= 4 is 29.1 Å². The number of imide groups is 1. The van der Waals surface area contributed by atoms with Crippen LogP contribution in [0.4, 0.5) is 11.4 Å². The summed E-state index contributed by atoms with van der Waals surface area (Å²) in [6.07, 6.45) is 5.06.